The van der Waals surface area contributed by atoms with Gasteiger partial charge in [-0.15, -0.1) is 6.58 Å². The summed E-state index contributed by atoms with van der Waals surface area (Å²) in [5.74, 6) is 1.55. The van der Waals surface area contributed by atoms with E-state index >= 15 is 0 Å². The van der Waals surface area contributed by atoms with Crippen molar-refractivity contribution in [1.82, 2.24) is 14.7 Å². The molecule has 0 amide bonds. The molecule has 0 spiro atoms. The Morgan fingerprint density at radius 3 is 2.69 bits per heavy atom. The third-order valence-electron chi connectivity index (χ3n) is 5.91. The van der Waals surface area contributed by atoms with Crippen molar-refractivity contribution in [2.45, 2.75) is 51.3 Å². The summed E-state index contributed by atoms with van der Waals surface area (Å²) in [7, 11) is 1.93. The summed E-state index contributed by atoms with van der Waals surface area (Å²) in [6.07, 6.45) is 5.40. The van der Waals surface area contributed by atoms with E-state index in [4.69, 9.17) is 9.84 Å². The Hall–Kier alpha value is -2.89. The van der Waals surface area contributed by atoms with Crippen LogP contribution in [-0.4, -0.2) is 38.5 Å². The summed E-state index contributed by atoms with van der Waals surface area (Å²) >= 11 is 0. The first-order valence-corrected chi connectivity index (χ1v) is 11.4. The lowest BCUT2D eigenvalue weighted by Gasteiger charge is -2.25. The number of aryl methyl sites for hydroxylation is 2. The molecule has 32 heavy (non-hydrogen) atoms. The molecule has 1 saturated carbocycles. The fraction of sp³-hybridized carbons (Fsp3) is 0.370. The zero-order chi connectivity index (χ0) is 22.5. The molecule has 1 aliphatic carbocycles. The molecule has 1 atom stereocenters. The summed E-state index contributed by atoms with van der Waals surface area (Å²) in [6.45, 7) is 7.18. The molecule has 0 saturated heterocycles. The minimum absolute atomic E-state index is 0.369. The van der Waals surface area contributed by atoms with Gasteiger partial charge >= 0.3 is 0 Å². The molecule has 1 heterocycles. The second-order valence-corrected chi connectivity index (χ2v) is 8.72. The topological polar surface area (TPSA) is 50.5 Å². The van der Waals surface area contributed by atoms with E-state index in [2.05, 4.69) is 36.6 Å². The Morgan fingerprint density at radius 1 is 1.22 bits per heavy atom. The first kappa shape index (κ1) is 22.3. The molecular formula is C27H33N3O2. The smallest absolute Gasteiger partial charge is 0.222 e. The molecule has 2 aromatic carbocycles. The van der Waals surface area contributed by atoms with Gasteiger partial charge in [0.2, 0.25) is 5.88 Å². The van der Waals surface area contributed by atoms with E-state index in [9.17, 15) is 5.11 Å². The Bertz CT molecular complexity index is 1040. The van der Waals surface area contributed by atoms with Crippen LogP contribution in [-0.2, 0) is 13.6 Å². The zero-order valence-electron chi connectivity index (χ0n) is 19.1. The van der Waals surface area contributed by atoms with Crippen LogP contribution in [0, 0.1) is 6.92 Å². The first-order valence-electron chi connectivity index (χ1n) is 11.4. The summed E-state index contributed by atoms with van der Waals surface area (Å²) in [5, 5.41) is 15.4. The minimum Gasteiger partial charge on any atom is -0.439 e. The maximum Gasteiger partial charge on any atom is 0.222 e. The minimum atomic E-state index is -0.369. The third-order valence-corrected chi connectivity index (χ3v) is 5.91. The molecule has 3 aromatic rings. The maximum atomic E-state index is 10.6. The Balaban J connectivity index is 1.68. The summed E-state index contributed by atoms with van der Waals surface area (Å²) in [4.78, 5) is 2.39. The van der Waals surface area contributed by atoms with Crippen molar-refractivity contribution in [3.05, 3.63) is 78.4 Å². The van der Waals surface area contributed by atoms with Crippen LogP contribution >= 0.6 is 0 Å². The fourth-order valence-corrected chi connectivity index (χ4v) is 4.10. The van der Waals surface area contributed by atoms with E-state index in [0.717, 1.165) is 46.9 Å². The molecule has 1 aliphatic rings. The van der Waals surface area contributed by atoms with Crippen LogP contribution in [0.3, 0.4) is 0 Å². The number of rotatable bonds is 11. The number of ether oxygens (including phenoxy) is 1. The summed E-state index contributed by atoms with van der Waals surface area (Å²) in [5.41, 5.74) is 4.21. The van der Waals surface area contributed by atoms with Gasteiger partial charge in [-0.25, -0.2) is 4.68 Å². The van der Waals surface area contributed by atoms with E-state index in [1.54, 1.807) is 0 Å². The van der Waals surface area contributed by atoms with E-state index < -0.39 is 0 Å². The highest BCUT2D eigenvalue weighted by atomic mass is 16.5. The molecule has 4 rings (SSSR count). The van der Waals surface area contributed by atoms with Crippen molar-refractivity contribution >= 4 is 0 Å². The number of aromatic nitrogens is 2. The van der Waals surface area contributed by atoms with Gasteiger partial charge in [0.05, 0.1) is 11.7 Å². The van der Waals surface area contributed by atoms with Crippen LogP contribution in [0.4, 0.5) is 0 Å². The standard InChI is InChI=1S/C27H33N3O2/c1-4-5-13-23(31)18-30(22-15-16-22)19-25-26(21-11-7-6-8-12-21)28-29(3)27(25)32-24-14-9-10-20(2)17-24/h4,6-12,14,17,22-23,31H,1,5,13,15-16,18-19H2,2-3H3. The van der Waals surface area contributed by atoms with Crippen LogP contribution in [0.25, 0.3) is 11.3 Å². The molecule has 1 unspecified atom stereocenters. The van der Waals surface area contributed by atoms with Gasteiger partial charge in [0, 0.05) is 31.7 Å². The van der Waals surface area contributed by atoms with Crippen molar-refractivity contribution in [2.24, 2.45) is 7.05 Å². The van der Waals surface area contributed by atoms with Crippen molar-refractivity contribution in [2.75, 3.05) is 6.54 Å². The van der Waals surface area contributed by atoms with Crippen LogP contribution in [0.2, 0.25) is 0 Å². The first-order chi connectivity index (χ1) is 15.5. The molecule has 168 valence electrons. The largest absolute Gasteiger partial charge is 0.439 e. The second-order valence-electron chi connectivity index (χ2n) is 8.72. The highest BCUT2D eigenvalue weighted by Gasteiger charge is 2.32. The molecule has 5 heteroatoms. The van der Waals surface area contributed by atoms with Crippen LogP contribution in [0.5, 0.6) is 11.6 Å². The van der Waals surface area contributed by atoms with Crippen LogP contribution in [0.15, 0.2) is 67.3 Å². The number of hydrogen-bond acceptors (Lipinski definition) is 4. The Morgan fingerprint density at radius 2 is 2.00 bits per heavy atom. The number of hydrogen-bond donors (Lipinski definition) is 1. The highest BCUT2D eigenvalue weighted by molar-refractivity contribution is 5.65. The molecule has 0 bridgehead atoms. The lowest BCUT2D eigenvalue weighted by atomic mass is 10.1. The quantitative estimate of drug-likeness (QED) is 0.409. The van der Waals surface area contributed by atoms with Gasteiger partial charge in [0.25, 0.3) is 0 Å². The maximum absolute atomic E-state index is 10.6. The van der Waals surface area contributed by atoms with Gasteiger partial charge in [-0.05, 0) is 50.3 Å². The van der Waals surface area contributed by atoms with Crippen molar-refractivity contribution < 1.29 is 9.84 Å². The van der Waals surface area contributed by atoms with Gasteiger partial charge in [0.15, 0.2) is 0 Å². The number of benzene rings is 2. The van der Waals surface area contributed by atoms with Crippen LogP contribution in [0.1, 0.15) is 36.8 Å². The predicted molar refractivity (Wildman–Crippen MR) is 129 cm³/mol. The molecule has 5 nitrogen and oxygen atoms in total. The molecule has 1 fully saturated rings. The number of aliphatic hydroxyl groups excluding tert-OH is 1. The average Bonchev–Trinajstić information content (AvgIpc) is 3.59. The lowest BCUT2D eigenvalue weighted by Crippen LogP contribution is -2.34. The summed E-state index contributed by atoms with van der Waals surface area (Å²) in [6, 6.07) is 18.8. The number of allylic oxidation sites excluding steroid dienone is 1. The summed E-state index contributed by atoms with van der Waals surface area (Å²) < 4.78 is 8.22. The van der Waals surface area contributed by atoms with E-state index in [1.807, 2.05) is 54.2 Å². The Labute approximate surface area is 191 Å². The Kier molecular flexibility index (Phi) is 7.08. The SMILES string of the molecule is C=CCCC(O)CN(Cc1c(-c2ccccc2)nn(C)c1Oc1cccc(C)c1)C1CC1. The third kappa shape index (κ3) is 5.47. The van der Waals surface area contributed by atoms with E-state index in [0.29, 0.717) is 19.1 Å². The molecule has 1 N–H and O–H groups in total. The fourth-order valence-electron chi connectivity index (χ4n) is 4.10. The predicted octanol–water partition coefficient (Wildman–Crippen LogP) is 5.48. The van der Waals surface area contributed by atoms with Crippen LogP contribution < -0.4 is 4.74 Å². The highest BCUT2D eigenvalue weighted by Crippen LogP contribution is 2.37. The zero-order valence-corrected chi connectivity index (χ0v) is 19.1. The van der Waals surface area contributed by atoms with Crippen molar-refractivity contribution in [1.29, 1.82) is 0 Å². The van der Waals surface area contributed by atoms with Crippen molar-refractivity contribution in [3.8, 4) is 22.9 Å². The molecular weight excluding hydrogens is 398 g/mol. The molecule has 0 radical (unpaired) electrons. The van der Waals surface area contributed by atoms with Gasteiger partial charge < -0.3 is 9.84 Å². The van der Waals surface area contributed by atoms with Gasteiger partial charge in [-0.2, -0.15) is 5.10 Å². The molecule has 1 aromatic heterocycles. The van der Waals surface area contributed by atoms with E-state index in [1.165, 1.54) is 12.8 Å². The molecule has 0 aliphatic heterocycles. The van der Waals surface area contributed by atoms with Crippen molar-refractivity contribution in [3.63, 3.8) is 0 Å². The second kappa shape index (κ2) is 10.2. The average molecular weight is 432 g/mol. The number of aliphatic hydroxyl groups is 1. The van der Waals surface area contributed by atoms with Gasteiger partial charge in [-0.3, -0.25) is 4.90 Å². The van der Waals surface area contributed by atoms with E-state index in [-0.39, 0.29) is 6.10 Å². The van der Waals surface area contributed by atoms with Gasteiger partial charge in [0.1, 0.15) is 11.4 Å². The monoisotopic (exact) mass is 431 g/mol. The normalized spacial score (nSPS) is 14.5. The lowest BCUT2D eigenvalue weighted by molar-refractivity contribution is 0.0976. The van der Waals surface area contributed by atoms with Gasteiger partial charge in [-0.1, -0.05) is 48.5 Å². The number of nitrogens with zero attached hydrogens (tertiary/aromatic N) is 3.